The maximum Gasteiger partial charge on any atom is 0.218 e. The molecular weight excluding hydrogens is 138 g/mol. The molecule has 0 saturated heterocycles. The van der Waals surface area contributed by atoms with Crippen LogP contribution in [0.25, 0.3) is 0 Å². The second kappa shape index (κ2) is 5.23. The molecule has 0 aliphatic rings. The Morgan fingerprint density at radius 2 is 2.00 bits per heavy atom. The summed E-state index contributed by atoms with van der Waals surface area (Å²) in [6, 6.07) is 0. The molecule has 0 bridgehead atoms. The molecule has 58 valence electrons. The molecule has 0 amide bonds. The number of aliphatic imine (C=N–C) groups is 1. The molecule has 0 radical (unpaired) electrons. The van der Waals surface area contributed by atoms with E-state index in [1.54, 1.807) is 12.2 Å². The summed E-state index contributed by atoms with van der Waals surface area (Å²) in [5.74, 6) is 0.801. The third kappa shape index (κ3) is 3.92. The number of hydrogen-bond acceptors (Lipinski definition) is 2. The van der Waals surface area contributed by atoms with Gasteiger partial charge in [-0.1, -0.05) is 25.8 Å². The van der Waals surface area contributed by atoms with Crippen LogP contribution in [0.3, 0.4) is 0 Å². The Bertz CT molecular complexity index is 214. The molecule has 2 nitrogen and oxygen atoms in total. The molecule has 0 atom stereocenters. The van der Waals surface area contributed by atoms with E-state index in [1.807, 2.05) is 0 Å². The van der Waals surface area contributed by atoms with E-state index < -0.39 is 0 Å². The van der Waals surface area contributed by atoms with E-state index in [0.29, 0.717) is 11.6 Å². The number of hydrogen-bond donors (Lipinski definition) is 0. The molecule has 2 heteroatoms. The van der Waals surface area contributed by atoms with Crippen LogP contribution in [0.5, 0.6) is 0 Å². The third-order valence-corrected chi connectivity index (χ3v) is 0.880. The standard InChI is InChI=1S/C9H11NO/c1-5-7-9(10-4)11-8(3)6-2/h5-7H,1-4H2/b9-7+. The predicted octanol–water partition coefficient (Wildman–Crippen LogP) is 2.43. The summed E-state index contributed by atoms with van der Waals surface area (Å²) >= 11 is 0. The first-order valence-electron chi connectivity index (χ1n) is 3.03. The average molecular weight is 149 g/mol. The second-order valence-corrected chi connectivity index (χ2v) is 1.67. The number of allylic oxidation sites excluding steroid dienone is 3. The molecule has 11 heavy (non-hydrogen) atoms. The lowest BCUT2D eigenvalue weighted by Crippen LogP contribution is -1.85. The SMILES string of the molecule is C=C/C=C(\N=C)OC(=C)C=C. The van der Waals surface area contributed by atoms with Gasteiger partial charge in [-0.25, -0.2) is 4.99 Å². The van der Waals surface area contributed by atoms with Gasteiger partial charge in [0.15, 0.2) is 0 Å². The van der Waals surface area contributed by atoms with Gasteiger partial charge in [-0.2, -0.15) is 0 Å². The van der Waals surface area contributed by atoms with Crippen molar-refractivity contribution in [3.63, 3.8) is 0 Å². The van der Waals surface area contributed by atoms with Gasteiger partial charge in [0.05, 0.1) is 0 Å². The first-order chi connectivity index (χ1) is 5.24. The Kier molecular flexibility index (Phi) is 4.49. The Hall–Kier alpha value is -1.57. The molecule has 0 aromatic rings. The number of ether oxygens (including phenoxy) is 1. The van der Waals surface area contributed by atoms with Crippen molar-refractivity contribution in [2.45, 2.75) is 0 Å². The number of rotatable bonds is 5. The van der Waals surface area contributed by atoms with Crippen molar-refractivity contribution in [3.05, 3.63) is 49.6 Å². The fraction of sp³-hybridized carbons (Fsp3) is 0. The van der Waals surface area contributed by atoms with Gasteiger partial charge in [-0.15, -0.1) is 0 Å². The quantitative estimate of drug-likeness (QED) is 0.334. The van der Waals surface area contributed by atoms with Crippen molar-refractivity contribution < 1.29 is 4.74 Å². The molecule has 0 aliphatic heterocycles. The van der Waals surface area contributed by atoms with Crippen LogP contribution in [-0.4, -0.2) is 6.72 Å². The maximum atomic E-state index is 5.04. The van der Waals surface area contributed by atoms with E-state index in [2.05, 4.69) is 31.4 Å². The summed E-state index contributed by atoms with van der Waals surface area (Å²) in [5, 5.41) is 0. The monoisotopic (exact) mass is 149 g/mol. The van der Waals surface area contributed by atoms with Crippen LogP contribution in [-0.2, 0) is 4.74 Å². The van der Waals surface area contributed by atoms with Crippen LogP contribution in [0.4, 0.5) is 0 Å². The lowest BCUT2D eigenvalue weighted by Gasteiger charge is -2.02. The lowest BCUT2D eigenvalue weighted by molar-refractivity contribution is 0.320. The van der Waals surface area contributed by atoms with E-state index in [0.717, 1.165) is 0 Å². The van der Waals surface area contributed by atoms with Gasteiger partial charge in [0.25, 0.3) is 0 Å². The minimum Gasteiger partial charge on any atom is -0.440 e. The highest BCUT2D eigenvalue weighted by Crippen LogP contribution is 2.05. The molecular formula is C9H11NO. The van der Waals surface area contributed by atoms with Crippen LogP contribution < -0.4 is 0 Å². The van der Waals surface area contributed by atoms with E-state index in [1.165, 1.54) is 6.08 Å². The lowest BCUT2D eigenvalue weighted by atomic mass is 10.5. The van der Waals surface area contributed by atoms with Gasteiger partial charge in [0.1, 0.15) is 5.76 Å². The summed E-state index contributed by atoms with van der Waals surface area (Å²) in [7, 11) is 0. The first-order valence-corrected chi connectivity index (χ1v) is 3.03. The van der Waals surface area contributed by atoms with Crippen molar-refractivity contribution in [1.82, 2.24) is 0 Å². The average Bonchev–Trinajstić information content (AvgIpc) is 2.03. The summed E-state index contributed by atoms with van der Waals surface area (Å²) in [5.41, 5.74) is 0. The largest absolute Gasteiger partial charge is 0.440 e. The molecule has 0 spiro atoms. The van der Waals surface area contributed by atoms with Crippen LogP contribution >= 0.6 is 0 Å². The van der Waals surface area contributed by atoms with Crippen molar-refractivity contribution >= 4 is 6.72 Å². The fourth-order valence-electron chi connectivity index (χ4n) is 0.396. The van der Waals surface area contributed by atoms with E-state index >= 15 is 0 Å². The van der Waals surface area contributed by atoms with Gasteiger partial charge in [-0.3, -0.25) is 0 Å². The van der Waals surface area contributed by atoms with Crippen molar-refractivity contribution in [2.24, 2.45) is 4.99 Å². The highest BCUT2D eigenvalue weighted by atomic mass is 16.5. The Labute approximate surface area is 66.9 Å². The van der Waals surface area contributed by atoms with Gasteiger partial charge >= 0.3 is 0 Å². The zero-order valence-electron chi connectivity index (χ0n) is 6.42. The molecule has 0 aromatic heterocycles. The highest BCUT2D eigenvalue weighted by molar-refractivity contribution is 5.28. The maximum absolute atomic E-state index is 5.04. The first kappa shape index (κ1) is 9.43. The van der Waals surface area contributed by atoms with E-state index in [4.69, 9.17) is 4.74 Å². The van der Waals surface area contributed by atoms with E-state index in [9.17, 15) is 0 Å². The number of nitrogens with zero attached hydrogens (tertiary/aromatic N) is 1. The van der Waals surface area contributed by atoms with Crippen LogP contribution in [0.15, 0.2) is 54.6 Å². The molecule has 0 rings (SSSR count). The Morgan fingerprint density at radius 3 is 2.36 bits per heavy atom. The van der Waals surface area contributed by atoms with Gasteiger partial charge in [0, 0.05) is 6.08 Å². The molecule has 0 aliphatic carbocycles. The molecule has 0 heterocycles. The van der Waals surface area contributed by atoms with Crippen LogP contribution in [0, 0.1) is 0 Å². The summed E-state index contributed by atoms with van der Waals surface area (Å²) in [4.78, 5) is 3.57. The van der Waals surface area contributed by atoms with Crippen molar-refractivity contribution in [2.75, 3.05) is 0 Å². The summed E-state index contributed by atoms with van der Waals surface area (Å²) in [6.07, 6.45) is 4.63. The summed E-state index contributed by atoms with van der Waals surface area (Å²) < 4.78 is 5.04. The second-order valence-electron chi connectivity index (χ2n) is 1.67. The molecule has 0 N–H and O–H groups in total. The molecule has 0 aromatic carbocycles. The van der Waals surface area contributed by atoms with Crippen molar-refractivity contribution in [1.29, 1.82) is 0 Å². The smallest absolute Gasteiger partial charge is 0.218 e. The summed E-state index contributed by atoms with van der Waals surface area (Å²) in [6.45, 7) is 13.8. The highest BCUT2D eigenvalue weighted by Gasteiger charge is 1.91. The van der Waals surface area contributed by atoms with E-state index in [-0.39, 0.29) is 0 Å². The van der Waals surface area contributed by atoms with Crippen LogP contribution in [0.2, 0.25) is 0 Å². The zero-order valence-corrected chi connectivity index (χ0v) is 6.42. The van der Waals surface area contributed by atoms with Gasteiger partial charge in [0.2, 0.25) is 5.88 Å². The minimum atomic E-state index is 0.366. The van der Waals surface area contributed by atoms with Crippen molar-refractivity contribution in [3.8, 4) is 0 Å². The van der Waals surface area contributed by atoms with Crippen LogP contribution in [0.1, 0.15) is 0 Å². The minimum absolute atomic E-state index is 0.366. The molecule has 0 unspecified atom stereocenters. The fourth-order valence-corrected chi connectivity index (χ4v) is 0.396. The molecule has 0 saturated carbocycles. The normalized spacial score (nSPS) is 10.0. The predicted molar refractivity (Wildman–Crippen MR) is 48.3 cm³/mol. The van der Waals surface area contributed by atoms with Gasteiger partial charge in [-0.05, 0) is 12.8 Å². The van der Waals surface area contributed by atoms with Gasteiger partial charge < -0.3 is 4.74 Å². The molecule has 0 fully saturated rings. The zero-order chi connectivity index (χ0) is 8.69. The Morgan fingerprint density at radius 1 is 1.36 bits per heavy atom. The Balaban J connectivity index is 4.19. The third-order valence-electron chi connectivity index (χ3n) is 0.880. The topological polar surface area (TPSA) is 21.6 Å².